The van der Waals surface area contributed by atoms with Crippen LogP contribution in [0.3, 0.4) is 0 Å². The Bertz CT molecular complexity index is 817. The van der Waals surface area contributed by atoms with Crippen LogP contribution in [-0.2, 0) is 14.4 Å². The van der Waals surface area contributed by atoms with E-state index in [2.05, 4.69) is 10.3 Å². The maximum absolute atomic E-state index is 13.6. The number of likely N-dealkylation sites (tertiary alicyclic amines) is 1. The number of pyridine rings is 1. The first-order valence-electron chi connectivity index (χ1n) is 11.3. The molecule has 4 rings (SSSR count). The third-order valence-electron chi connectivity index (χ3n) is 7.18. The molecule has 168 valence electrons. The molecule has 0 bridgehead atoms. The monoisotopic (exact) mass is 428 g/mol. The quantitative estimate of drug-likeness (QED) is 0.377. The number of rotatable bonds is 8. The van der Waals surface area contributed by atoms with Gasteiger partial charge in [-0.15, -0.1) is 0 Å². The van der Waals surface area contributed by atoms with Crippen molar-refractivity contribution >= 4 is 24.0 Å². The number of carbonyl (C=O) groups excluding carboxylic acids is 3. The fourth-order valence-corrected chi connectivity index (χ4v) is 5.22. The highest BCUT2D eigenvalue weighted by Crippen LogP contribution is 2.55. The smallest absolute Gasteiger partial charge is 0.248 e. The van der Waals surface area contributed by atoms with Crippen molar-refractivity contribution in [2.45, 2.75) is 64.3 Å². The fourth-order valence-electron chi connectivity index (χ4n) is 5.22. The van der Waals surface area contributed by atoms with Crippen LogP contribution in [0.1, 0.15) is 56.9 Å². The van der Waals surface area contributed by atoms with E-state index in [1.165, 1.54) is 0 Å². The second-order valence-electron chi connectivity index (χ2n) is 9.71. The van der Waals surface area contributed by atoms with Gasteiger partial charge < -0.3 is 10.2 Å². The van der Waals surface area contributed by atoms with Crippen molar-refractivity contribution in [1.82, 2.24) is 14.9 Å². The van der Waals surface area contributed by atoms with Crippen molar-refractivity contribution in [1.29, 1.82) is 0 Å². The van der Waals surface area contributed by atoms with Crippen LogP contribution in [-0.4, -0.2) is 57.5 Å². The molecule has 8 heteroatoms. The number of hydrogen-bond acceptors (Lipinski definition) is 5. The molecule has 1 aromatic heterocycles. The van der Waals surface area contributed by atoms with E-state index in [-0.39, 0.29) is 23.8 Å². The second kappa shape index (κ2) is 8.94. The SMILES string of the molecule is Cc1ccc(NC(=O)[C@@H]2CC3(CC3)CN2C(=O)[C@H](CC2CCCC2)CN(O)C=O)nc1. The standard InChI is InChI=1S/C23H32N4O4/c1-16-6-7-20(24-12-16)25-21(29)19-11-23(8-9-23)14-27(19)22(30)18(13-26(31)15-28)10-17-4-2-3-5-17/h6-7,12,15,17-19,31H,2-5,8-11,13-14H2,1H3,(H,24,25,29)/t18-,19+/m1/s1. The summed E-state index contributed by atoms with van der Waals surface area (Å²) < 4.78 is 0. The van der Waals surface area contributed by atoms with Crippen LogP contribution < -0.4 is 5.32 Å². The van der Waals surface area contributed by atoms with Gasteiger partial charge in [-0.05, 0) is 55.6 Å². The number of carbonyl (C=O) groups is 3. The maximum atomic E-state index is 13.6. The third kappa shape index (κ3) is 5.06. The summed E-state index contributed by atoms with van der Waals surface area (Å²) in [5.74, 6) is 0.0539. The maximum Gasteiger partial charge on any atom is 0.248 e. The van der Waals surface area contributed by atoms with Gasteiger partial charge in [-0.25, -0.2) is 10.0 Å². The van der Waals surface area contributed by atoms with Gasteiger partial charge in [0, 0.05) is 12.7 Å². The van der Waals surface area contributed by atoms with E-state index in [1.807, 2.05) is 13.0 Å². The van der Waals surface area contributed by atoms with Gasteiger partial charge in [0.15, 0.2) is 0 Å². The predicted octanol–water partition coefficient (Wildman–Crippen LogP) is 2.75. The molecule has 2 N–H and O–H groups in total. The molecule has 1 aliphatic heterocycles. The molecule has 2 aliphatic carbocycles. The average molecular weight is 429 g/mol. The molecule has 3 amide bonds. The highest BCUT2D eigenvalue weighted by molar-refractivity contribution is 5.97. The van der Waals surface area contributed by atoms with Crippen molar-refractivity contribution < 1.29 is 19.6 Å². The van der Waals surface area contributed by atoms with Gasteiger partial charge in [0.25, 0.3) is 0 Å². The van der Waals surface area contributed by atoms with Crippen LogP contribution in [0.25, 0.3) is 0 Å². The second-order valence-corrected chi connectivity index (χ2v) is 9.71. The molecule has 0 aromatic carbocycles. The molecule has 3 fully saturated rings. The van der Waals surface area contributed by atoms with Gasteiger partial charge >= 0.3 is 0 Å². The summed E-state index contributed by atoms with van der Waals surface area (Å²) in [7, 11) is 0. The summed E-state index contributed by atoms with van der Waals surface area (Å²) in [6, 6.07) is 3.10. The molecule has 31 heavy (non-hydrogen) atoms. The van der Waals surface area contributed by atoms with E-state index < -0.39 is 12.0 Å². The number of anilines is 1. The molecule has 0 unspecified atom stereocenters. The first-order valence-corrected chi connectivity index (χ1v) is 11.3. The van der Waals surface area contributed by atoms with Crippen molar-refractivity contribution in [2.75, 3.05) is 18.4 Å². The van der Waals surface area contributed by atoms with Crippen molar-refractivity contribution in [3.8, 4) is 0 Å². The van der Waals surface area contributed by atoms with Crippen LogP contribution in [0.15, 0.2) is 18.3 Å². The average Bonchev–Trinajstić information content (AvgIpc) is 3.13. The molecule has 0 radical (unpaired) electrons. The first-order chi connectivity index (χ1) is 14.9. The lowest BCUT2D eigenvalue weighted by Crippen LogP contribution is -2.48. The Balaban J connectivity index is 1.50. The lowest BCUT2D eigenvalue weighted by Gasteiger charge is -2.30. The zero-order valence-electron chi connectivity index (χ0n) is 18.1. The summed E-state index contributed by atoms with van der Waals surface area (Å²) in [6.07, 6.45) is 9.84. The number of hydroxylamine groups is 2. The van der Waals surface area contributed by atoms with Gasteiger partial charge in [-0.1, -0.05) is 31.7 Å². The number of aromatic nitrogens is 1. The molecule has 3 aliphatic rings. The molecular formula is C23H32N4O4. The minimum atomic E-state index is -0.549. The third-order valence-corrected chi connectivity index (χ3v) is 7.18. The number of aryl methyl sites for hydroxylation is 1. The van der Waals surface area contributed by atoms with Crippen LogP contribution in [0, 0.1) is 24.2 Å². The summed E-state index contributed by atoms with van der Waals surface area (Å²) in [5.41, 5.74) is 1.05. The predicted molar refractivity (Wildman–Crippen MR) is 114 cm³/mol. The number of amides is 3. The Kier molecular flexibility index (Phi) is 6.27. The lowest BCUT2D eigenvalue weighted by atomic mass is 9.91. The molecule has 1 spiro atoms. The zero-order chi connectivity index (χ0) is 22.0. The minimum absolute atomic E-state index is 0.0316. The molecule has 1 saturated heterocycles. The summed E-state index contributed by atoms with van der Waals surface area (Å²) in [5, 5.41) is 13.2. The topological polar surface area (TPSA) is 103 Å². The summed E-state index contributed by atoms with van der Waals surface area (Å²) >= 11 is 0. The van der Waals surface area contributed by atoms with E-state index in [0.717, 1.165) is 44.1 Å². The molecule has 1 aromatic rings. The highest BCUT2D eigenvalue weighted by Gasteiger charge is 2.55. The van der Waals surface area contributed by atoms with Crippen LogP contribution >= 0.6 is 0 Å². The van der Waals surface area contributed by atoms with Gasteiger partial charge in [0.2, 0.25) is 18.2 Å². The Morgan fingerprint density at radius 1 is 1.35 bits per heavy atom. The van der Waals surface area contributed by atoms with E-state index in [9.17, 15) is 19.6 Å². The molecule has 2 atom stereocenters. The first kappa shape index (κ1) is 21.7. The summed E-state index contributed by atoms with van der Waals surface area (Å²) in [4.78, 5) is 43.7. The minimum Gasteiger partial charge on any atom is -0.330 e. The van der Waals surface area contributed by atoms with Gasteiger partial charge in [-0.3, -0.25) is 19.6 Å². The molecule has 2 heterocycles. The number of hydrogen-bond donors (Lipinski definition) is 2. The van der Waals surface area contributed by atoms with Crippen LogP contribution in [0.4, 0.5) is 5.82 Å². The van der Waals surface area contributed by atoms with Gasteiger partial charge in [0.05, 0.1) is 12.5 Å². The Hall–Kier alpha value is -2.48. The van der Waals surface area contributed by atoms with Crippen molar-refractivity contribution in [3.05, 3.63) is 23.9 Å². The Morgan fingerprint density at radius 2 is 2.10 bits per heavy atom. The Morgan fingerprint density at radius 3 is 2.71 bits per heavy atom. The highest BCUT2D eigenvalue weighted by atomic mass is 16.5. The summed E-state index contributed by atoms with van der Waals surface area (Å²) in [6.45, 7) is 2.47. The normalized spacial score (nSPS) is 23.0. The van der Waals surface area contributed by atoms with Gasteiger partial charge in [0.1, 0.15) is 11.9 Å². The number of nitrogens with zero attached hydrogens (tertiary/aromatic N) is 3. The lowest BCUT2D eigenvalue weighted by molar-refractivity contribution is -0.158. The van der Waals surface area contributed by atoms with Crippen LogP contribution in [0.5, 0.6) is 0 Å². The van der Waals surface area contributed by atoms with Crippen molar-refractivity contribution in [3.63, 3.8) is 0 Å². The fraction of sp³-hybridized carbons (Fsp3) is 0.652. The molecule has 8 nitrogen and oxygen atoms in total. The van der Waals surface area contributed by atoms with E-state index in [4.69, 9.17) is 0 Å². The van der Waals surface area contributed by atoms with Crippen molar-refractivity contribution in [2.24, 2.45) is 17.3 Å². The van der Waals surface area contributed by atoms with E-state index in [1.54, 1.807) is 17.2 Å². The zero-order valence-corrected chi connectivity index (χ0v) is 18.1. The largest absolute Gasteiger partial charge is 0.330 e. The molecular weight excluding hydrogens is 396 g/mol. The molecule has 2 saturated carbocycles. The van der Waals surface area contributed by atoms with Gasteiger partial charge in [-0.2, -0.15) is 0 Å². The Labute approximate surface area is 183 Å². The van der Waals surface area contributed by atoms with E-state index >= 15 is 0 Å². The van der Waals surface area contributed by atoms with Crippen LogP contribution in [0.2, 0.25) is 0 Å². The number of nitrogens with one attached hydrogen (secondary N) is 1. The van der Waals surface area contributed by atoms with E-state index in [0.29, 0.717) is 42.6 Å².